The molecule has 0 unspecified atom stereocenters. The van der Waals surface area contributed by atoms with Gasteiger partial charge in [0.25, 0.3) is 0 Å². The first-order valence-electron chi connectivity index (χ1n) is 7.40. The number of ether oxygens (including phenoxy) is 1. The third-order valence-corrected chi connectivity index (χ3v) is 5.66. The molecule has 3 rings (SSSR count). The van der Waals surface area contributed by atoms with Crippen molar-refractivity contribution in [1.82, 2.24) is 14.3 Å². The highest BCUT2D eigenvalue weighted by atomic mass is 79.9. The van der Waals surface area contributed by atoms with Crippen LogP contribution in [0, 0.1) is 0 Å². The summed E-state index contributed by atoms with van der Waals surface area (Å²) in [5.74, 6) is 0.578. The van der Waals surface area contributed by atoms with Gasteiger partial charge in [-0.05, 0) is 51.8 Å². The zero-order valence-electron chi connectivity index (χ0n) is 13.4. The van der Waals surface area contributed by atoms with Crippen LogP contribution in [0.3, 0.4) is 0 Å². The van der Waals surface area contributed by atoms with Crippen molar-refractivity contribution in [1.29, 1.82) is 0 Å². The molecule has 1 heterocycles. The normalized spacial score (nSPS) is 11.4. The van der Waals surface area contributed by atoms with Crippen LogP contribution in [0.15, 0.2) is 70.6 Å². The average Bonchev–Trinajstić information content (AvgIpc) is 3.15. The minimum atomic E-state index is -3.61. The molecule has 130 valence electrons. The van der Waals surface area contributed by atoms with E-state index in [2.05, 4.69) is 25.6 Å². The monoisotopic (exact) mass is 421 g/mol. The molecule has 0 saturated carbocycles. The lowest BCUT2D eigenvalue weighted by Crippen LogP contribution is -2.23. The third-order valence-electron chi connectivity index (χ3n) is 3.64. The minimum absolute atomic E-state index is 0.176. The second-order valence-electron chi connectivity index (χ2n) is 5.26. The van der Waals surface area contributed by atoms with Gasteiger partial charge < -0.3 is 9.30 Å². The number of sulfonamides is 1. The molecule has 0 fully saturated rings. The zero-order valence-corrected chi connectivity index (χ0v) is 15.8. The molecular formula is C17H16BrN3O3S. The van der Waals surface area contributed by atoms with E-state index < -0.39 is 10.0 Å². The van der Waals surface area contributed by atoms with E-state index in [-0.39, 0.29) is 11.4 Å². The Hall–Kier alpha value is -2.16. The minimum Gasteiger partial charge on any atom is -0.496 e. The van der Waals surface area contributed by atoms with Crippen LogP contribution in [-0.2, 0) is 16.6 Å². The van der Waals surface area contributed by atoms with Gasteiger partial charge in [0.2, 0.25) is 10.0 Å². The number of nitrogens with one attached hydrogen (secondary N) is 1. The maximum atomic E-state index is 12.4. The number of methoxy groups -OCH3 is 1. The summed E-state index contributed by atoms with van der Waals surface area (Å²) >= 11 is 3.30. The van der Waals surface area contributed by atoms with Crippen LogP contribution in [0.5, 0.6) is 5.75 Å². The molecule has 0 aliphatic heterocycles. The number of aromatic nitrogens is 2. The Morgan fingerprint density at radius 2 is 1.96 bits per heavy atom. The van der Waals surface area contributed by atoms with E-state index in [0.717, 1.165) is 11.3 Å². The van der Waals surface area contributed by atoms with Crippen LogP contribution in [0.4, 0.5) is 0 Å². The molecule has 6 nitrogen and oxygen atoms in total. The molecule has 25 heavy (non-hydrogen) atoms. The van der Waals surface area contributed by atoms with Crippen molar-refractivity contribution >= 4 is 26.0 Å². The van der Waals surface area contributed by atoms with Crippen LogP contribution in [0.1, 0.15) is 5.56 Å². The van der Waals surface area contributed by atoms with Crippen molar-refractivity contribution in [2.75, 3.05) is 7.11 Å². The molecule has 8 heteroatoms. The van der Waals surface area contributed by atoms with E-state index in [9.17, 15) is 8.42 Å². The van der Waals surface area contributed by atoms with Crippen LogP contribution in [-0.4, -0.2) is 25.1 Å². The molecule has 0 amide bonds. The maximum Gasteiger partial charge on any atom is 0.240 e. The van der Waals surface area contributed by atoms with E-state index in [1.54, 1.807) is 18.6 Å². The van der Waals surface area contributed by atoms with Gasteiger partial charge in [0, 0.05) is 24.6 Å². The van der Waals surface area contributed by atoms with Gasteiger partial charge in [0.15, 0.2) is 0 Å². The Morgan fingerprint density at radius 1 is 1.20 bits per heavy atom. The summed E-state index contributed by atoms with van der Waals surface area (Å²) in [6.07, 6.45) is 5.26. The van der Waals surface area contributed by atoms with Gasteiger partial charge in [-0.1, -0.05) is 12.1 Å². The fourth-order valence-corrected chi connectivity index (χ4v) is 4.01. The standard InChI is InChI=1S/C17H16BrN3O3S/c1-24-17-7-6-15(10-16(17)18)25(22,23)20-11-13-2-4-14(5-3-13)21-9-8-19-12-21/h2-10,12,20H,11H2,1H3. The first-order valence-corrected chi connectivity index (χ1v) is 9.68. The van der Waals surface area contributed by atoms with Crippen molar-refractivity contribution in [3.05, 3.63) is 71.2 Å². The number of imidazole rings is 1. The number of hydrogen-bond acceptors (Lipinski definition) is 4. The van der Waals surface area contributed by atoms with Crippen molar-refractivity contribution in [3.63, 3.8) is 0 Å². The predicted octanol–water partition coefficient (Wildman–Crippen LogP) is 3.12. The van der Waals surface area contributed by atoms with Gasteiger partial charge in [0.1, 0.15) is 5.75 Å². The lowest BCUT2D eigenvalue weighted by Gasteiger charge is -2.10. The van der Waals surface area contributed by atoms with Gasteiger partial charge in [-0.25, -0.2) is 18.1 Å². The predicted molar refractivity (Wildman–Crippen MR) is 98.3 cm³/mol. The summed E-state index contributed by atoms with van der Waals surface area (Å²) in [5.41, 5.74) is 1.82. The fourth-order valence-electron chi connectivity index (χ4n) is 2.27. The van der Waals surface area contributed by atoms with Crippen molar-refractivity contribution < 1.29 is 13.2 Å². The average molecular weight is 422 g/mol. The van der Waals surface area contributed by atoms with Crippen molar-refractivity contribution in [2.45, 2.75) is 11.4 Å². The summed E-state index contributed by atoms with van der Waals surface area (Å²) in [7, 11) is -2.08. The van der Waals surface area contributed by atoms with E-state index >= 15 is 0 Å². The number of benzene rings is 2. The Labute approximate surface area is 154 Å². The zero-order chi connectivity index (χ0) is 17.9. The SMILES string of the molecule is COc1ccc(S(=O)(=O)NCc2ccc(-n3ccnc3)cc2)cc1Br. The summed E-state index contributed by atoms with van der Waals surface area (Å²) in [6, 6.07) is 12.2. The Morgan fingerprint density at radius 3 is 2.56 bits per heavy atom. The van der Waals surface area contributed by atoms with Crippen molar-refractivity contribution in [3.8, 4) is 11.4 Å². The number of halogens is 1. The molecular weight excluding hydrogens is 406 g/mol. The molecule has 0 spiro atoms. The number of rotatable bonds is 6. The van der Waals surface area contributed by atoms with Gasteiger partial charge in [-0.15, -0.1) is 0 Å². The molecule has 1 N–H and O–H groups in total. The second kappa shape index (κ2) is 7.38. The quantitative estimate of drug-likeness (QED) is 0.663. The molecule has 0 aliphatic carbocycles. The fraction of sp³-hybridized carbons (Fsp3) is 0.118. The largest absolute Gasteiger partial charge is 0.496 e. The molecule has 2 aromatic carbocycles. The molecule has 0 radical (unpaired) electrons. The number of hydrogen-bond donors (Lipinski definition) is 1. The Kier molecular flexibility index (Phi) is 5.22. The lowest BCUT2D eigenvalue weighted by atomic mass is 10.2. The Balaban J connectivity index is 1.71. The molecule has 0 saturated heterocycles. The molecule has 0 atom stereocenters. The second-order valence-corrected chi connectivity index (χ2v) is 7.88. The summed E-state index contributed by atoms with van der Waals surface area (Å²) in [6.45, 7) is 0.205. The maximum absolute atomic E-state index is 12.4. The van der Waals surface area contributed by atoms with Gasteiger partial charge >= 0.3 is 0 Å². The smallest absolute Gasteiger partial charge is 0.240 e. The summed E-state index contributed by atoms with van der Waals surface area (Å²) < 4.78 is 35.0. The molecule has 1 aromatic heterocycles. The Bertz CT molecular complexity index is 955. The topological polar surface area (TPSA) is 73.2 Å². The van der Waals surface area contributed by atoms with E-state index in [0.29, 0.717) is 10.2 Å². The van der Waals surface area contributed by atoms with Crippen molar-refractivity contribution in [2.24, 2.45) is 0 Å². The van der Waals surface area contributed by atoms with Crippen LogP contribution in [0.2, 0.25) is 0 Å². The first kappa shape index (κ1) is 17.7. The van der Waals surface area contributed by atoms with Gasteiger partial charge in [0.05, 0.1) is 22.8 Å². The summed E-state index contributed by atoms with van der Waals surface area (Å²) in [5, 5.41) is 0. The van der Waals surface area contributed by atoms with Crippen LogP contribution >= 0.6 is 15.9 Å². The molecule has 3 aromatic rings. The van der Waals surface area contributed by atoms with E-state index in [1.165, 1.54) is 19.2 Å². The highest BCUT2D eigenvalue weighted by Crippen LogP contribution is 2.27. The highest BCUT2D eigenvalue weighted by molar-refractivity contribution is 9.10. The third kappa shape index (κ3) is 4.09. The molecule has 0 aliphatic rings. The van der Waals surface area contributed by atoms with Crippen LogP contribution in [0.25, 0.3) is 5.69 Å². The van der Waals surface area contributed by atoms with E-state index in [1.807, 2.05) is 35.0 Å². The first-order chi connectivity index (χ1) is 12.0. The van der Waals surface area contributed by atoms with E-state index in [4.69, 9.17) is 4.74 Å². The van der Waals surface area contributed by atoms with Gasteiger partial charge in [-0.2, -0.15) is 0 Å². The number of nitrogens with zero attached hydrogens (tertiary/aromatic N) is 2. The lowest BCUT2D eigenvalue weighted by molar-refractivity contribution is 0.411. The highest BCUT2D eigenvalue weighted by Gasteiger charge is 2.15. The molecule has 0 bridgehead atoms. The van der Waals surface area contributed by atoms with Gasteiger partial charge in [-0.3, -0.25) is 0 Å². The van der Waals surface area contributed by atoms with Crippen LogP contribution < -0.4 is 9.46 Å². The summed E-state index contributed by atoms with van der Waals surface area (Å²) in [4.78, 5) is 4.18.